The highest BCUT2D eigenvalue weighted by atomic mass is 35.5. The summed E-state index contributed by atoms with van der Waals surface area (Å²) in [4.78, 5) is 56.9. The smallest absolute Gasteiger partial charge is 0.326 e. The molecule has 0 bridgehead atoms. The number of nitrogens with one attached hydrogen (secondary N) is 1. The maximum Gasteiger partial charge on any atom is 0.326 e. The fourth-order valence-corrected chi connectivity index (χ4v) is 6.48. The fourth-order valence-electron chi connectivity index (χ4n) is 5.80. The van der Waals surface area contributed by atoms with Gasteiger partial charge in [0, 0.05) is 22.3 Å². The van der Waals surface area contributed by atoms with Gasteiger partial charge in [0.25, 0.3) is 5.91 Å². The average Bonchev–Trinajstić information content (AvgIpc) is 3.42. The van der Waals surface area contributed by atoms with Crippen molar-refractivity contribution in [2.45, 2.75) is 24.9 Å². The lowest BCUT2D eigenvalue weighted by molar-refractivity contribution is -0.142. The standard InChI is InChI=1S/C26H26ClN3O5S/c1-3-35-20(31)14-29-19-10-5-4-9-17(19)26(25(29)34)22-21(18(28-26)11-12-36-2)23(32)30(24(22)33)16-8-6-7-15(27)13-16/h4-10,13,18,21-22,28H,3,11-12,14H2,1-2H3/t18-,21+,22+,26+/m0/s1. The van der Waals surface area contributed by atoms with Gasteiger partial charge >= 0.3 is 5.97 Å². The molecule has 36 heavy (non-hydrogen) atoms. The summed E-state index contributed by atoms with van der Waals surface area (Å²) in [6.45, 7) is 1.61. The van der Waals surface area contributed by atoms with Crippen LogP contribution in [0, 0.1) is 11.8 Å². The van der Waals surface area contributed by atoms with Crippen LogP contribution in [0.1, 0.15) is 18.9 Å². The maximum absolute atomic E-state index is 14.2. The van der Waals surface area contributed by atoms with Crippen molar-refractivity contribution in [3.8, 4) is 0 Å². The van der Waals surface area contributed by atoms with Gasteiger partial charge in [0.05, 0.1) is 24.1 Å². The van der Waals surface area contributed by atoms with Crippen LogP contribution >= 0.6 is 23.4 Å². The Morgan fingerprint density at radius 1 is 1.14 bits per heavy atom. The summed E-state index contributed by atoms with van der Waals surface area (Å²) >= 11 is 7.80. The number of para-hydroxylation sites is 1. The first-order chi connectivity index (χ1) is 17.3. The number of nitrogens with zero attached hydrogens (tertiary/aromatic N) is 2. The van der Waals surface area contributed by atoms with Crippen LogP contribution in [0.4, 0.5) is 11.4 Å². The molecule has 1 N–H and O–H groups in total. The number of benzene rings is 2. The summed E-state index contributed by atoms with van der Waals surface area (Å²) in [5, 5.41) is 3.84. The number of halogens is 1. The number of imide groups is 1. The van der Waals surface area contributed by atoms with E-state index in [1.807, 2.05) is 6.26 Å². The van der Waals surface area contributed by atoms with E-state index in [-0.39, 0.29) is 19.1 Å². The molecule has 4 atom stereocenters. The van der Waals surface area contributed by atoms with Gasteiger partial charge in [-0.2, -0.15) is 11.8 Å². The van der Waals surface area contributed by atoms with E-state index in [0.717, 1.165) is 5.75 Å². The van der Waals surface area contributed by atoms with E-state index in [4.69, 9.17) is 16.3 Å². The molecule has 3 heterocycles. The average molecular weight is 528 g/mol. The van der Waals surface area contributed by atoms with Crippen molar-refractivity contribution >= 4 is 58.4 Å². The van der Waals surface area contributed by atoms with Crippen molar-refractivity contribution in [2.75, 3.05) is 35.0 Å². The second-order valence-electron chi connectivity index (χ2n) is 9.05. The second kappa shape index (κ2) is 9.53. The third-order valence-corrected chi connectivity index (χ3v) is 8.04. The molecule has 5 rings (SSSR count). The molecule has 3 aliphatic rings. The van der Waals surface area contributed by atoms with Gasteiger partial charge in [0.15, 0.2) is 0 Å². The number of esters is 1. The molecule has 8 nitrogen and oxygen atoms in total. The highest BCUT2D eigenvalue weighted by molar-refractivity contribution is 7.98. The summed E-state index contributed by atoms with van der Waals surface area (Å²) in [5.74, 6) is -2.71. The lowest BCUT2D eigenvalue weighted by Gasteiger charge is -2.30. The van der Waals surface area contributed by atoms with E-state index < -0.39 is 41.2 Å². The van der Waals surface area contributed by atoms with Crippen molar-refractivity contribution in [1.29, 1.82) is 0 Å². The van der Waals surface area contributed by atoms with Crippen LogP contribution in [-0.2, 0) is 29.5 Å². The van der Waals surface area contributed by atoms with Gasteiger partial charge < -0.3 is 4.74 Å². The van der Waals surface area contributed by atoms with Gasteiger partial charge in [0.2, 0.25) is 11.8 Å². The van der Waals surface area contributed by atoms with Gasteiger partial charge in [-0.25, -0.2) is 4.90 Å². The largest absolute Gasteiger partial charge is 0.465 e. The van der Waals surface area contributed by atoms with Crippen LogP contribution in [0.2, 0.25) is 5.02 Å². The van der Waals surface area contributed by atoms with Gasteiger partial charge in [-0.05, 0) is 49.6 Å². The normalized spacial score (nSPS) is 26.6. The third kappa shape index (κ3) is 3.64. The second-order valence-corrected chi connectivity index (χ2v) is 10.5. The molecule has 0 unspecified atom stereocenters. The molecule has 10 heteroatoms. The van der Waals surface area contributed by atoms with Crippen LogP contribution in [-0.4, -0.2) is 54.9 Å². The molecular formula is C26H26ClN3O5S. The first-order valence-electron chi connectivity index (χ1n) is 11.8. The minimum absolute atomic E-state index is 0.189. The Hall–Kier alpha value is -2.88. The molecule has 2 aromatic rings. The molecular weight excluding hydrogens is 502 g/mol. The molecule has 0 aliphatic carbocycles. The number of hydrogen-bond donors (Lipinski definition) is 1. The molecule has 2 saturated heterocycles. The summed E-state index contributed by atoms with van der Waals surface area (Å²) in [6.07, 6.45) is 2.57. The quantitative estimate of drug-likeness (QED) is 0.437. The first kappa shape index (κ1) is 24.8. The zero-order valence-electron chi connectivity index (χ0n) is 19.9. The monoisotopic (exact) mass is 527 g/mol. The lowest BCUT2D eigenvalue weighted by atomic mass is 9.76. The Morgan fingerprint density at radius 3 is 2.64 bits per heavy atom. The molecule has 0 aromatic heterocycles. The summed E-state index contributed by atoms with van der Waals surface area (Å²) in [6, 6.07) is 13.3. The van der Waals surface area contributed by atoms with E-state index in [1.165, 1.54) is 9.80 Å². The number of fused-ring (bicyclic) bond motifs is 4. The van der Waals surface area contributed by atoms with Crippen LogP contribution in [0.5, 0.6) is 0 Å². The molecule has 2 aromatic carbocycles. The summed E-state index contributed by atoms with van der Waals surface area (Å²) in [5.41, 5.74) is 0.0493. The molecule has 3 amide bonds. The molecule has 1 spiro atoms. The third-order valence-electron chi connectivity index (χ3n) is 7.16. The van der Waals surface area contributed by atoms with Gasteiger partial charge in [-0.3, -0.25) is 29.4 Å². The van der Waals surface area contributed by atoms with Crippen LogP contribution in [0.3, 0.4) is 0 Å². The Labute approximate surface area is 218 Å². The van der Waals surface area contributed by atoms with Crippen molar-refractivity contribution in [1.82, 2.24) is 5.32 Å². The lowest BCUT2D eigenvalue weighted by Crippen LogP contribution is -2.55. The van der Waals surface area contributed by atoms with Gasteiger partial charge in [0.1, 0.15) is 12.1 Å². The summed E-state index contributed by atoms with van der Waals surface area (Å²) < 4.78 is 5.11. The Kier molecular flexibility index (Phi) is 6.57. The number of rotatable bonds is 7. The molecule has 2 fully saturated rings. The molecule has 188 valence electrons. The number of amides is 3. The number of anilines is 2. The predicted molar refractivity (Wildman–Crippen MR) is 138 cm³/mol. The van der Waals surface area contributed by atoms with Crippen molar-refractivity contribution in [2.24, 2.45) is 11.8 Å². The highest BCUT2D eigenvalue weighted by Gasteiger charge is 2.71. The molecule has 0 saturated carbocycles. The summed E-state index contributed by atoms with van der Waals surface area (Å²) in [7, 11) is 0. The minimum Gasteiger partial charge on any atom is -0.465 e. The number of ether oxygens (including phenoxy) is 1. The van der Waals surface area contributed by atoms with Crippen LogP contribution in [0.15, 0.2) is 48.5 Å². The Bertz CT molecular complexity index is 1260. The Morgan fingerprint density at radius 2 is 1.92 bits per heavy atom. The molecule has 3 aliphatic heterocycles. The SMILES string of the molecule is CCOC(=O)CN1C(=O)[C@@]2(N[C@@H](CCSC)[C@H]3C(=O)N(c4cccc(Cl)c4)C(=O)[C@@H]32)c2ccccc21. The number of carbonyl (C=O) groups excluding carboxylic acids is 4. The zero-order valence-corrected chi connectivity index (χ0v) is 21.5. The van der Waals surface area contributed by atoms with E-state index in [1.54, 1.807) is 67.2 Å². The topological polar surface area (TPSA) is 96.0 Å². The fraction of sp³-hybridized carbons (Fsp3) is 0.385. The Balaban J connectivity index is 1.63. The van der Waals surface area contributed by atoms with E-state index in [9.17, 15) is 19.2 Å². The minimum atomic E-state index is -1.46. The number of thioether (sulfide) groups is 1. The first-order valence-corrected chi connectivity index (χ1v) is 13.6. The van der Waals surface area contributed by atoms with Crippen molar-refractivity contribution in [3.63, 3.8) is 0 Å². The predicted octanol–water partition coefficient (Wildman–Crippen LogP) is 2.98. The van der Waals surface area contributed by atoms with E-state index >= 15 is 0 Å². The van der Waals surface area contributed by atoms with E-state index in [0.29, 0.717) is 28.4 Å². The van der Waals surface area contributed by atoms with Crippen molar-refractivity contribution < 1.29 is 23.9 Å². The van der Waals surface area contributed by atoms with Crippen molar-refractivity contribution in [3.05, 3.63) is 59.1 Å². The van der Waals surface area contributed by atoms with Crippen LogP contribution < -0.4 is 15.1 Å². The highest BCUT2D eigenvalue weighted by Crippen LogP contribution is 2.55. The van der Waals surface area contributed by atoms with E-state index in [2.05, 4.69) is 5.32 Å². The van der Waals surface area contributed by atoms with Gasteiger partial charge in [-0.1, -0.05) is 35.9 Å². The maximum atomic E-state index is 14.2. The number of carbonyl (C=O) groups is 4. The number of hydrogen-bond acceptors (Lipinski definition) is 7. The van der Waals surface area contributed by atoms with Crippen LogP contribution in [0.25, 0.3) is 0 Å². The zero-order chi connectivity index (χ0) is 25.6. The van der Waals surface area contributed by atoms with Gasteiger partial charge in [-0.15, -0.1) is 0 Å². The molecule has 0 radical (unpaired) electrons.